The Labute approximate surface area is 272 Å². The first-order chi connectivity index (χ1) is 21.2. The maximum Gasteiger partial charge on any atom is 0.338 e. The number of carbonyl (C=O) groups is 2. The predicted octanol–water partition coefficient (Wildman–Crippen LogP) is 4.66. The SMILES string of the molecule is CCOC(=O)C1=C(C)NC(=S)N[C@H]1c1ccccc1OCC(=O)NN=Cc1ccc(OCc2ccc([N+](=O)[O-])cc2)c(I)c1. The van der Waals surface area contributed by atoms with Gasteiger partial charge in [-0.05, 0) is 96.2 Å². The van der Waals surface area contributed by atoms with Gasteiger partial charge in [0.15, 0.2) is 11.7 Å². The van der Waals surface area contributed by atoms with Crippen LogP contribution in [0, 0.1) is 13.7 Å². The Bertz CT molecular complexity index is 1630. The Morgan fingerprint density at radius 3 is 2.57 bits per heavy atom. The van der Waals surface area contributed by atoms with Crippen LogP contribution in [-0.2, 0) is 20.9 Å². The zero-order valence-electron chi connectivity index (χ0n) is 23.7. The van der Waals surface area contributed by atoms with Gasteiger partial charge in [0.2, 0.25) is 0 Å². The van der Waals surface area contributed by atoms with E-state index in [0.29, 0.717) is 33.4 Å². The third-order valence-electron chi connectivity index (χ3n) is 6.25. The number of hydrogen-bond acceptors (Lipinski definition) is 9. The van der Waals surface area contributed by atoms with E-state index >= 15 is 0 Å². The third-order valence-corrected chi connectivity index (χ3v) is 7.32. The molecule has 0 fully saturated rings. The van der Waals surface area contributed by atoms with Gasteiger partial charge < -0.3 is 24.8 Å². The summed E-state index contributed by atoms with van der Waals surface area (Å²) in [6.45, 7) is 3.61. The Hall–Kier alpha value is -4.57. The summed E-state index contributed by atoms with van der Waals surface area (Å²) in [6.07, 6.45) is 1.49. The van der Waals surface area contributed by atoms with Crippen molar-refractivity contribution in [1.82, 2.24) is 16.1 Å². The molecule has 12 nitrogen and oxygen atoms in total. The number of nitrogens with zero attached hydrogens (tertiary/aromatic N) is 2. The zero-order chi connectivity index (χ0) is 31.6. The molecular formula is C30H28IN5O7S. The molecule has 1 aliphatic heterocycles. The first-order valence-electron chi connectivity index (χ1n) is 13.3. The number of ether oxygens (including phenoxy) is 3. The average molecular weight is 730 g/mol. The summed E-state index contributed by atoms with van der Waals surface area (Å²) in [5.41, 5.74) is 5.53. The number of amides is 1. The van der Waals surface area contributed by atoms with E-state index in [1.807, 2.05) is 6.07 Å². The Morgan fingerprint density at radius 2 is 1.86 bits per heavy atom. The minimum Gasteiger partial charge on any atom is -0.488 e. The van der Waals surface area contributed by atoms with Crippen LogP contribution >= 0.6 is 34.8 Å². The molecule has 1 atom stereocenters. The van der Waals surface area contributed by atoms with Gasteiger partial charge in [0, 0.05) is 23.4 Å². The number of nitrogens with one attached hydrogen (secondary N) is 3. The Balaban J connectivity index is 1.33. The first-order valence-corrected chi connectivity index (χ1v) is 14.8. The van der Waals surface area contributed by atoms with Crippen LogP contribution in [-0.4, -0.2) is 41.3 Å². The van der Waals surface area contributed by atoms with E-state index in [1.165, 1.54) is 18.3 Å². The molecule has 0 aromatic heterocycles. The van der Waals surface area contributed by atoms with Crippen molar-refractivity contribution in [3.05, 3.63) is 108 Å². The van der Waals surface area contributed by atoms with Crippen molar-refractivity contribution in [3.63, 3.8) is 0 Å². The molecule has 1 amide bonds. The summed E-state index contributed by atoms with van der Waals surface area (Å²) in [7, 11) is 0. The standard InChI is InChI=1S/C30H28IN5O7S/c1-3-41-29(38)27-18(2)33-30(44)34-28(27)22-6-4-5-7-24(22)43-17-26(37)35-32-15-20-10-13-25(23(31)14-20)42-16-19-8-11-21(12-9-19)36(39)40/h4-15,28H,3,16-17H2,1-2H3,(H,35,37)(H2,33,34,44)/t28-/m0/s1. The highest BCUT2D eigenvalue weighted by Crippen LogP contribution is 2.33. The zero-order valence-corrected chi connectivity index (χ0v) is 26.6. The van der Waals surface area contributed by atoms with Crippen molar-refractivity contribution in [2.45, 2.75) is 26.5 Å². The monoisotopic (exact) mass is 729 g/mol. The fourth-order valence-electron chi connectivity index (χ4n) is 4.20. The number of nitro benzene ring substituents is 1. The summed E-state index contributed by atoms with van der Waals surface area (Å²) in [4.78, 5) is 35.6. The second-order valence-electron chi connectivity index (χ2n) is 9.31. The molecule has 0 spiro atoms. The molecular weight excluding hydrogens is 701 g/mol. The fourth-order valence-corrected chi connectivity index (χ4v) is 5.17. The van der Waals surface area contributed by atoms with E-state index in [-0.39, 0.29) is 25.5 Å². The molecule has 14 heteroatoms. The number of hydrogen-bond donors (Lipinski definition) is 3. The van der Waals surface area contributed by atoms with Gasteiger partial charge in [-0.1, -0.05) is 18.2 Å². The quantitative estimate of drug-likeness (QED) is 0.0599. The molecule has 1 aliphatic rings. The lowest BCUT2D eigenvalue weighted by molar-refractivity contribution is -0.384. The van der Waals surface area contributed by atoms with Gasteiger partial charge in [-0.3, -0.25) is 14.9 Å². The van der Waals surface area contributed by atoms with Gasteiger partial charge in [-0.15, -0.1) is 0 Å². The van der Waals surface area contributed by atoms with E-state index in [2.05, 4.69) is 43.8 Å². The van der Waals surface area contributed by atoms with Gasteiger partial charge in [0.1, 0.15) is 18.1 Å². The molecule has 1 heterocycles. The topological polar surface area (TPSA) is 153 Å². The second kappa shape index (κ2) is 15.2. The smallest absolute Gasteiger partial charge is 0.338 e. The van der Waals surface area contributed by atoms with Crippen LogP contribution in [0.15, 0.2) is 83.1 Å². The van der Waals surface area contributed by atoms with Gasteiger partial charge >= 0.3 is 5.97 Å². The average Bonchev–Trinajstić information content (AvgIpc) is 2.99. The number of thiocarbonyl (C=S) groups is 1. The maximum absolute atomic E-state index is 12.7. The van der Waals surface area contributed by atoms with Crippen LogP contribution in [0.25, 0.3) is 0 Å². The highest BCUT2D eigenvalue weighted by atomic mass is 127. The molecule has 0 unspecified atom stereocenters. The lowest BCUT2D eigenvalue weighted by atomic mass is 9.95. The van der Waals surface area contributed by atoms with Gasteiger partial charge in [-0.25, -0.2) is 10.2 Å². The number of allylic oxidation sites excluding steroid dienone is 1. The molecule has 0 radical (unpaired) electrons. The minimum atomic E-state index is -0.636. The van der Waals surface area contributed by atoms with E-state index in [9.17, 15) is 19.7 Å². The number of rotatable bonds is 12. The second-order valence-corrected chi connectivity index (χ2v) is 10.9. The van der Waals surface area contributed by atoms with Crippen LogP contribution in [0.2, 0.25) is 0 Å². The molecule has 0 saturated carbocycles. The van der Waals surface area contributed by atoms with Crippen LogP contribution in [0.4, 0.5) is 5.69 Å². The molecule has 0 saturated heterocycles. The number of halogens is 1. The van der Waals surface area contributed by atoms with Crippen molar-refractivity contribution < 1.29 is 28.7 Å². The van der Waals surface area contributed by atoms with Crippen molar-refractivity contribution in [1.29, 1.82) is 0 Å². The number of para-hydroxylation sites is 1. The van der Waals surface area contributed by atoms with E-state index < -0.39 is 22.8 Å². The van der Waals surface area contributed by atoms with E-state index in [0.717, 1.165) is 14.7 Å². The molecule has 3 aromatic rings. The normalized spacial score (nSPS) is 14.4. The van der Waals surface area contributed by atoms with Gasteiger partial charge in [0.25, 0.3) is 11.6 Å². The third kappa shape index (κ3) is 8.50. The van der Waals surface area contributed by atoms with Crippen molar-refractivity contribution in [2.24, 2.45) is 5.10 Å². The molecule has 3 aromatic carbocycles. The van der Waals surface area contributed by atoms with Crippen LogP contribution in [0.3, 0.4) is 0 Å². The van der Waals surface area contributed by atoms with Crippen molar-refractivity contribution >= 4 is 63.7 Å². The number of nitro groups is 1. The Kier molecular flexibility index (Phi) is 11.2. The Morgan fingerprint density at radius 1 is 1.11 bits per heavy atom. The molecule has 44 heavy (non-hydrogen) atoms. The number of carbonyl (C=O) groups excluding carboxylic acids is 2. The van der Waals surface area contributed by atoms with Crippen molar-refractivity contribution in [2.75, 3.05) is 13.2 Å². The summed E-state index contributed by atoms with van der Waals surface area (Å²) in [6, 6.07) is 18.0. The van der Waals surface area contributed by atoms with E-state index in [4.69, 9.17) is 26.4 Å². The lowest BCUT2D eigenvalue weighted by Crippen LogP contribution is -2.45. The summed E-state index contributed by atoms with van der Waals surface area (Å²) in [5.74, 6) is 0.0534. The first kappa shape index (κ1) is 32.3. The minimum absolute atomic E-state index is 0.0206. The van der Waals surface area contributed by atoms with Crippen LogP contribution in [0.5, 0.6) is 11.5 Å². The molecule has 0 bridgehead atoms. The lowest BCUT2D eigenvalue weighted by Gasteiger charge is -2.30. The largest absolute Gasteiger partial charge is 0.488 e. The molecule has 3 N–H and O–H groups in total. The van der Waals surface area contributed by atoms with Gasteiger partial charge in [-0.2, -0.15) is 5.10 Å². The number of non-ortho nitro benzene ring substituents is 1. The van der Waals surface area contributed by atoms with Crippen LogP contribution in [0.1, 0.15) is 36.6 Å². The molecule has 228 valence electrons. The summed E-state index contributed by atoms with van der Waals surface area (Å²) in [5, 5.41) is 21.2. The molecule has 4 rings (SSSR count). The maximum atomic E-state index is 12.7. The van der Waals surface area contributed by atoms with Gasteiger partial charge in [0.05, 0.1) is 32.9 Å². The number of esters is 1. The molecule has 0 aliphatic carbocycles. The number of benzene rings is 3. The highest BCUT2D eigenvalue weighted by Gasteiger charge is 2.32. The summed E-state index contributed by atoms with van der Waals surface area (Å²) >= 11 is 7.43. The van der Waals surface area contributed by atoms with E-state index in [1.54, 1.807) is 62.4 Å². The summed E-state index contributed by atoms with van der Waals surface area (Å²) < 4.78 is 17.7. The van der Waals surface area contributed by atoms with Crippen LogP contribution < -0.4 is 25.5 Å². The predicted molar refractivity (Wildman–Crippen MR) is 175 cm³/mol. The number of hydrazone groups is 1. The van der Waals surface area contributed by atoms with Crippen molar-refractivity contribution in [3.8, 4) is 11.5 Å². The fraction of sp³-hybridized carbons (Fsp3) is 0.200. The highest BCUT2D eigenvalue weighted by molar-refractivity contribution is 14.1.